The molecule has 1 aromatic rings. The summed E-state index contributed by atoms with van der Waals surface area (Å²) in [6.07, 6.45) is 0.604. The van der Waals surface area contributed by atoms with E-state index in [1.165, 1.54) is 7.11 Å². The minimum Gasteiger partial charge on any atom is -0.468 e. The number of methoxy groups -OCH3 is 1. The first kappa shape index (κ1) is 12.7. The number of alkyl halides is 1. The molecule has 0 saturated carbocycles. The highest BCUT2D eigenvalue weighted by Gasteiger charge is 2.31. The first-order chi connectivity index (χ1) is 6.95. The van der Waals surface area contributed by atoms with Crippen molar-refractivity contribution >= 4 is 37.8 Å². The first-order valence-corrected chi connectivity index (χ1v) is 6.06. The topological polar surface area (TPSA) is 26.3 Å². The molecule has 0 heterocycles. The van der Waals surface area contributed by atoms with Gasteiger partial charge < -0.3 is 4.74 Å². The average molecular weight is 336 g/mol. The molecule has 1 aromatic carbocycles. The third-order valence-corrected chi connectivity index (χ3v) is 3.19. The summed E-state index contributed by atoms with van der Waals surface area (Å²) in [5.74, 6) is -0.259. The van der Waals surface area contributed by atoms with Crippen LogP contribution in [0.3, 0.4) is 0 Å². The van der Waals surface area contributed by atoms with Gasteiger partial charge in [0.1, 0.15) is 4.32 Å². The predicted molar refractivity (Wildman–Crippen MR) is 67.2 cm³/mol. The van der Waals surface area contributed by atoms with Gasteiger partial charge in [-0.2, -0.15) is 0 Å². The third kappa shape index (κ3) is 3.61. The van der Waals surface area contributed by atoms with Crippen LogP contribution in [0.25, 0.3) is 0 Å². The van der Waals surface area contributed by atoms with E-state index < -0.39 is 4.32 Å². The molecule has 0 bridgehead atoms. The van der Waals surface area contributed by atoms with Crippen molar-refractivity contribution in [2.45, 2.75) is 17.7 Å². The Kier molecular flexibility index (Phi) is 4.34. The van der Waals surface area contributed by atoms with Crippen LogP contribution in [0.4, 0.5) is 0 Å². The molecule has 0 aliphatic carbocycles. The van der Waals surface area contributed by atoms with Crippen LogP contribution in [0.1, 0.15) is 12.5 Å². The normalized spacial score (nSPS) is 14.4. The highest BCUT2D eigenvalue weighted by atomic mass is 79.9. The molecule has 0 aliphatic rings. The van der Waals surface area contributed by atoms with Crippen LogP contribution in [0.2, 0.25) is 0 Å². The maximum Gasteiger partial charge on any atom is 0.322 e. The fraction of sp³-hybridized carbons (Fsp3) is 0.364. The molecular formula is C11H12Br2O2. The fourth-order valence-corrected chi connectivity index (χ4v) is 2.02. The molecule has 0 spiro atoms. The lowest BCUT2D eigenvalue weighted by Crippen LogP contribution is -2.31. The van der Waals surface area contributed by atoms with E-state index in [-0.39, 0.29) is 5.97 Å². The zero-order valence-electron chi connectivity index (χ0n) is 8.59. The van der Waals surface area contributed by atoms with Gasteiger partial charge in [0.15, 0.2) is 0 Å². The van der Waals surface area contributed by atoms with Gasteiger partial charge in [0.2, 0.25) is 0 Å². The number of benzene rings is 1. The lowest BCUT2D eigenvalue weighted by molar-refractivity contribution is -0.142. The van der Waals surface area contributed by atoms with Gasteiger partial charge in [-0.1, -0.05) is 44.0 Å². The van der Waals surface area contributed by atoms with Crippen molar-refractivity contribution in [3.63, 3.8) is 0 Å². The van der Waals surface area contributed by atoms with Crippen molar-refractivity contribution in [3.8, 4) is 0 Å². The van der Waals surface area contributed by atoms with Crippen molar-refractivity contribution in [2.24, 2.45) is 0 Å². The average Bonchev–Trinajstić information content (AvgIpc) is 2.20. The minimum absolute atomic E-state index is 0.259. The number of hydrogen-bond acceptors (Lipinski definition) is 2. The largest absolute Gasteiger partial charge is 0.468 e. The highest BCUT2D eigenvalue weighted by molar-refractivity contribution is 9.10. The lowest BCUT2D eigenvalue weighted by Gasteiger charge is -2.19. The summed E-state index contributed by atoms with van der Waals surface area (Å²) >= 11 is 6.74. The summed E-state index contributed by atoms with van der Waals surface area (Å²) < 4.78 is 5.09. The maximum atomic E-state index is 11.4. The van der Waals surface area contributed by atoms with Gasteiger partial charge in [-0.3, -0.25) is 4.79 Å². The van der Waals surface area contributed by atoms with Gasteiger partial charge in [0.25, 0.3) is 0 Å². The zero-order chi connectivity index (χ0) is 11.5. The van der Waals surface area contributed by atoms with E-state index in [0.29, 0.717) is 6.42 Å². The standard InChI is InChI=1S/C11H12Br2O2/c1-11(13,10(14)15-2)7-8-3-5-9(12)6-4-8/h3-6H,7H2,1-2H3/t11-/m0/s1. The summed E-state index contributed by atoms with van der Waals surface area (Å²) in [6.45, 7) is 1.81. The molecule has 4 heteroatoms. The van der Waals surface area contributed by atoms with Crippen LogP contribution < -0.4 is 0 Å². The van der Waals surface area contributed by atoms with E-state index in [0.717, 1.165) is 10.0 Å². The van der Waals surface area contributed by atoms with Crippen LogP contribution in [0, 0.1) is 0 Å². The summed E-state index contributed by atoms with van der Waals surface area (Å²) in [6, 6.07) is 7.87. The molecule has 0 saturated heterocycles. The quantitative estimate of drug-likeness (QED) is 0.625. The second kappa shape index (κ2) is 5.12. The molecule has 0 N–H and O–H groups in total. The Labute approximate surface area is 106 Å². The van der Waals surface area contributed by atoms with Crippen LogP contribution >= 0.6 is 31.9 Å². The maximum absolute atomic E-state index is 11.4. The predicted octanol–water partition coefficient (Wildman–Crippen LogP) is 3.32. The van der Waals surface area contributed by atoms with Crippen molar-refractivity contribution in [2.75, 3.05) is 7.11 Å². The summed E-state index contributed by atoms with van der Waals surface area (Å²) in [5, 5.41) is 0. The summed E-state index contributed by atoms with van der Waals surface area (Å²) in [5.41, 5.74) is 1.09. The Morgan fingerprint density at radius 2 is 1.93 bits per heavy atom. The molecule has 15 heavy (non-hydrogen) atoms. The van der Waals surface area contributed by atoms with Crippen molar-refractivity contribution in [1.82, 2.24) is 0 Å². The summed E-state index contributed by atoms with van der Waals surface area (Å²) in [4.78, 5) is 11.4. The molecule has 0 fully saturated rings. The van der Waals surface area contributed by atoms with Gasteiger partial charge >= 0.3 is 5.97 Å². The second-order valence-corrected chi connectivity index (χ2v) is 6.16. The Morgan fingerprint density at radius 1 is 1.40 bits per heavy atom. The van der Waals surface area contributed by atoms with E-state index in [1.807, 2.05) is 24.3 Å². The van der Waals surface area contributed by atoms with Gasteiger partial charge in [0.05, 0.1) is 7.11 Å². The summed E-state index contributed by atoms with van der Waals surface area (Å²) in [7, 11) is 1.39. The number of carbonyl (C=O) groups is 1. The monoisotopic (exact) mass is 334 g/mol. The van der Waals surface area contributed by atoms with E-state index in [1.54, 1.807) is 6.92 Å². The van der Waals surface area contributed by atoms with Crippen molar-refractivity contribution in [1.29, 1.82) is 0 Å². The molecular weight excluding hydrogens is 324 g/mol. The smallest absolute Gasteiger partial charge is 0.322 e. The van der Waals surface area contributed by atoms with E-state index >= 15 is 0 Å². The number of carbonyl (C=O) groups excluding carboxylic acids is 1. The molecule has 0 unspecified atom stereocenters. The van der Waals surface area contributed by atoms with Gasteiger partial charge in [-0.05, 0) is 31.0 Å². The Bertz CT molecular complexity index is 344. The van der Waals surface area contributed by atoms with Gasteiger partial charge in [-0.15, -0.1) is 0 Å². The molecule has 0 radical (unpaired) electrons. The number of halogens is 2. The molecule has 0 aliphatic heterocycles. The number of hydrogen-bond donors (Lipinski definition) is 0. The lowest BCUT2D eigenvalue weighted by atomic mass is 10.0. The van der Waals surface area contributed by atoms with Crippen molar-refractivity contribution in [3.05, 3.63) is 34.3 Å². The van der Waals surface area contributed by atoms with E-state index in [2.05, 4.69) is 31.9 Å². The van der Waals surface area contributed by atoms with Crippen LogP contribution in [0.15, 0.2) is 28.7 Å². The number of rotatable bonds is 3. The fourth-order valence-electron chi connectivity index (χ4n) is 1.27. The molecule has 2 nitrogen and oxygen atoms in total. The Hall–Kier alpha value is -0.350. The Balaban J connectivity index is 2.77. The van der Waals surface area contributed by atoms with Crippen LogP contribution in [0.5, 0.6) is 0 Å². The second-order valence-electron chi connectivity index (χ2n) is 3.49. The van der Waals surface area contributed by atoms with Gasteiger partial charge in [0, 0.05) is 4.47 Å². The van der Waals surface area contributed by atoms with Crippen LogP contribution in [-0.2, 0) is 16.0 Å². The SMILES string of the molecule is COC(=O)[C@@](C)(Br)Cc1ccc(Br)cc1. The minimum atomic E-state index is -0.657. The number of ether oxygens (including phenoxy) is 1. The van der Waals surface area contributed by atoms with E-state index in [9.17, 15) is 4.79 Å². The Morgan fingerprint density at radius 3 is 2.40 bits per heavy atom. The molecule has 1 atom stereocenters. The zero-order valence-corrected chi connectivity index (χ0v) is 11.8. The molecule has 0 aromatic heterocycles. The third-order valence-electron chi connectivity index (χ3n) is 2.06. The van der Waals surface area contributed by atoms with Gasteiger partial charge in [-0.25, -0.2) is 0 Å². The van der Waals surface area contributed by atoms with Crippen LogP contribution in [-0.4, -0.2) is 17.4 Å². The van der Waals surface area contributed by atoms with Crippen molar-refractivity contribution < 1.29 is 9.53 Å². The molecule has 82 valence electrons. The molecule has 0 amide bonds. The molecule has 1 rings (SSSR count). The highest BCUT2D eigenvalue weighted by Crippen LogP contribution is 2.25. The number of esters is 1. The first-order valence-electron chi connectivity index (χ1n) is 4.47. The van der Waals surface area contributed by atoms with E-state index in [4.69, 9.17) is 4.74 Å².